The first-order valence-electron chi connectivity index (χ1n) is 6.60. The van der Waals surface area contributed by atoms with Crippen LogP contribution in [0.5, 0.6) is 0 Å². The summed E-state index contributed by atoms with van der Waals surface area (Å²) in [5.74, 6) is 0.515. The Hall–Kier alpha value is -1.39. The highest BCUT2D eigenvalue weighted by atomic mass is 32.2. The fourth-order valence-corrected chi connectivity index (χ4v) is 3.57. The van der Waals surface area contributed by atoms with Crippen molar-refractivity contribution in [1.82, 2.24) is 9.55 Å². The molecule has 0 aromatic carbocycles. The molecule has 2 heterocycles. The lowest BCUT2D eigenvalue weighted by Gasteiger charge is -2.16. The van der Waals surface area contributed by atoms with Gasteiger partial charge in [-0.2, -0.15) is 4.98 Å². The Morgan fingerprint density at radius 2 is 2.43 bits per heavy atom. The maximum Gasteiger partial charge on any atom is 0.435 e. The summed E-state index contributed by atoms with van der Waals surface area (Å²) in [6, 6.07) is 1.46. The molecule has 0 bridgehead atoms. The van der Waals surface area contributed by atoms with Crippen molar-refractivity contribution in [3.63, 3.8) is 0 Å². The van der Waals surface area contributed by atoms with Gasteiger partial charge in [-0.1, -0.05) is 0 Å². The molecule has 12 heteroatoms. The molecule has 0 spiro atoms. The topological polar surface area (TPSA) is 143 Å². The molecular formula is C11H16N3O7PS. The van der Waals surface area contributed by atoms with Crippen LogP contribution >= 0.6 is 19.4 Å². The molecule has 23 heavy (non-hydrogen) atoms. The summed E-state index contributed by atoms with van der Waals surface area (Å²) in [6.45, 7) is 1.18. The first kappa shape index (κ1) is 18.0. The molecule has 0 radical (unpaired) electrons. The van der Waals surface area contributed by atoms with Gasteiger partial charge < -0.3 is 20.1 Å². The normalized spacial score (nSPS) is 23.4. The number of nitrogens with zero attached hydrogens (tertiary/aromatic N) is 2. The van der Waals surface area contributed by atoms with Gasteiger partial charge in [-0.25, -0.2) is 14.2 Å². The van der Waals surface area contributed by atoms with E-state index in [1.165, 1.54) is 35.5 Å². The van der Waals surface area contributed by atoms with Crippen molar-refractivity contribution in [2.75, 3.05) is 24.7 Å². The molecule has 1 saturated heterocycles. The maximum atomic E-state index is 11.7. The predicted octanol–water partition coefficient (Wildman–Crippen LogP) is 0.772. The average molecular weight is 365 g/mol. The molecule has 0 aliphatic carbocycles. The lowest BCUT2D eigenvalue weighted by molar-refractivity contribution is -0.00350. The van der Waals surface area contributed by atoms with Crippen molar-refractivity contribution in [2.45, 2.75) is 18.6 Å². The third-order valence-corrected chi connectivity index (χ3v) is 4.97. The molecule has 0 saturated carbocycles. The van der Waals surface area contributed by atoms with Gasteiger partial charge in [-0.3, -0.25) is 9.09 Å². The first-order valence-corrected chi connectivity index (χ1v) is 9.22. The molecule has 1 aliphatic rings. The number of nitrogen functional groups attached to an aromatic ring is 1. The summed E-state index contributed by atoms with van der Waals surface area (Å²) in [5.41, 5.74) is 2.93. The van der Waals surface area contributed by atoms with E-state index in [4.69, 9.17) is 15.0 Å². The van der Waals surface area contributed by atoms with E-state index in [-0.39, 0.29) is 19.0 Å². The van der Waals surface area contributed by atoms with Crippen LogP contribution in [0.25, 0.3) is 0 Å². The molecule has 0 amide bonds. The van der Waals surface area contributed by atoms with Crippen molar-refractivity contribution >= 4 is 30.9 Å². The average Bonchev–Trinajstić information content (AvgIpc) is 2.94. The van der Waals surface area contributed by atoms with Crippen molar-refractivity contribution in [3.8, 4) is 0 Å². The molecule has 3 N–H and O–H groups in total. The number of hydrogen-bond acceptors (Lipinski definition) is 9. The molecule has 3 atom stereocenters. The van der Waals surface area contributed by atoms with Crippen molar-refractivity contribution in [1.29, 1.82) is 0 Å². The Bertz CT molecular complexity index is 682. The molecule has 1 aliphatic heterocycles. The second-order valence-corrected chi connectivity index (χ2v) is 7.27. The quantitative estimate of drug-likeness (QED) is 0.694. The van der Waals surface area contributed by atoms with E-state index < -0.39 is 30.7 Å². The number of ether oxygens (including phenoxy) is 2. The standard InChI is InChI=1S/C11H16N3O7PS/c1-2-19-11(16)22(17,18)20-5-9-21-8(6-23-9)14-4-3-7(12)13-10(14)15/h3-4,8-9H,2,5-6H2,1H3,(H,17,18)(H2,12,13,15)/t8-,9+/m0/s1. The number of anilines is 1. The van der Waals surface area contributed by atoms with Gasteiger partial charge in [0.05, 0.1) is 13.2 Å². The second-order valence-electron chi connectivity index (χ2n) is 4.41. The Labute approximate surface area is 135 Å². The molecule has 1 unspecified atom stereocenters. The van der Waals surface area contributed by atoms with E-state index in [0.717, 1.165) is 0 Å². The van der Waals surface area contributed by atoms with Crippen molar-refractivity contribution in [3.05, 3.63) is 22.7 Å². The van der Waals surface area contributed by atoms with Crippen LogP contribution in [0.3, 0.4) is 0 Å². The van der Waals surface area contributed by atoms with Crippen molar-refractivity contribution < 1.29 is 28.3 Å². The molecule has 2 rings (SSSR count). The predicted molar refractivity (Wildman–Crippen MR) is 82.1 cm³/mol. The van der Waals surface area contributed by atoms with Crippen molar-refractivity contribution in [2.24, 2.45) is 0 Å². The fraction of sp³-hybridized carbons (Fsp3) is 0.545. The Morgan fingerprint density at radius 1 is 1.70 bits per heavy atom. The number of aromatic nitrogens is 2. The van der Waals surface area contributed by atoms with Gasteiger partial charge in [0.25, 0.3) is 0 Å². The minimum Gasteiger partial charge on any atom is -0.457 e. The number of carbonyl (C=O) groups excluding carboxylic acids is 1. The molecule has 10 nitrogen and oxygen atoms in total. The number of carbonyl (C=O) groups is 1. The minimum absolute atomic E-state index is 0.0312. The highest BCUT2D eigenvalue weighted by Crippen LogP contribution is 2.45. The summed E-state index contributed by atoms with van der Waals surface area (Å²) in [4.78, 5) is 36.0. The highest BCUT2D eigenvalue weighted by molar-refractivity contribution is 8.00. The van der Waals surface area contributed by atoms with Crippen LogP contribution in [0.4, 0.5) is 10.6 Å². The van der Waals surface area contributed by atoms with E-state index in [2.05, 4.69) is 9.72 Å². The van der Waals surface area contributed by atoms with Gasteiger partial charge >= 0.3 is 19.0 Å². The zero-order valence-electron chi connectivity index (χ0n) is 12.2. The van der Waals surface area contributed by atoms with E-state index in [9.17, 15) is 19.0 Å². The Morgan fingerprint density at radius 3 is 3.09 bits per heavy atom. The maximum absolute atomic E-state index is 11.7. The monoisotopic (exact) mass is 365 g/mol. The molecular weight excluding hydrogens is 349 g/mol. The van der Waals surface area contributed by atoms with Crippen LogP contribution in [0.1, 0.15) is 13.2 Å². The van der Waals surface area contributed by atoms with Crippen LogP contribution in [0, 0.1) is 0 Å². The highest BCUT2D eigenvalue weighted by Gasteiger charge is 2.36. The summed E-state index contributed by atoms with van der Waals surface area (Å²) in [7, 11) is -4.51. The summed E-state index contributed by atoms with van der Waals surface area (Å²) in [6.07, 6.45) is 0.851. The fourth-order valence-electron chi connectivity index (χ4n) is 1.74. The third-order valence-electron chi connectivity index (χ3n) is 2.78. The molecule has 1 aromatic heterocycles. The van der Waals surface area contributed by atoms with Gasteiger partial charge in [-0.15, -0.1) is 11.8 Å². The van der Waals surface area contributed by atoms with E-state index in [1.54, 1.807) is 0 Å². The molecule has 1 aromatic rings. The number of nitrogens with two attached hydrogens (primary N) is 1. The van der Waals surface area contributed by atoms with Gasteiger partial charge in [-0.05, 0) is 13.0 Å². The van der Waals surface area contributed by atoms with Crippen LogP contribution in [0.15, 0.2) is 17.1 Å². The Kier molecular flexibility index (Phi) is 5.82. The summed E-state index contributed by atoms with van der Waals surface area (Å²) in [5, 5.41) is 0. The molecule has 128 valence electrons. The van der Waals surface area contributed by atoms with Crippen LogP contribution in [-0.2, 0) is 18.6 Å². The lowest BCUT2D eigenvalue weighted by atomic mass is 10.5. The van der Waals surface area contributed by atoms with Crippen LogP contribution < -0.4 is 11.4 Å². The number of rotatable bonds is 6. The minimum atomic E-state index is -4.51. The van der Waals surface area contributed by atoms with E-state index in [1.807, 2.05) is 0 Å². The SMILES string of the molecule is CCOC(=O)P(=O)(O)OC[C@@H]1O[C@H](n2ccc(N)nc2=O)CS1. The summed E-state index contributed by atoms with van der Waals surface area (Å²) < 4.78 is 27.6. The van der Waals surface area contributed by atoms with Gasteiger partial charge in [0.1, 0.15) is 17.5 Å². The zero-order chi connectivity index (χ0) is 17.0. The largest absolute Gasteiger partial charge is 0.457 e. The second kappa shape index (κ2) is 7.45. The van der Waals surface area contributed by atoms with E-state index in [0.29, 0.717) is 5.75 Å². The van der Waals surface area contributed by atoms with E-state index >= 15 is 0 Å². The van der Waals surface area contributed by atoms with Gasteiger partial charge in [0, 0.05) is 11.9 Å². The number of thioether (sulfide) groups is 1. The Balaban J connectivity index is 1.92. The zero-order valence-corrected chi connectivity index (χ0v) is 13.9. The number of hydrogen-bond donors (Lipinski definition) is 2. The third kappa shape index (κ3) is 4.55. The lowest BCUT2D eigenvalue weighted by Crippen LogP contribution is -2.28. The van der Waals surface area contributed by atoms with Crippen LogP contribution in [-0.4, -0.2) is 44.6 Å². The van der Waals surface area contributed by atoms with Gasteiger partial charge in [0.2, 0.25) is 0 Å². The first-order chi connectivity index (χ1) is 10.8. The molecule has 1 fully saturated rings. The van der Waals surface area contributed by atoms with Crippen LogP contribution in [0.2, 0.25) is 0 Å². The smallest absolute Gasteiger partial charge is 0.435 e. The van der Waals surface area contributed by atoms with Gasteiger partial charge in [0.15, 0.2) is 0 Å². The summed E-state index contributed by atoms with van der Waals surface area (Å²) >= 11 is 1.27.